The fourth-order valence-electron chi connectivity index (χ4n) is 1.83. The molecule has 4 nitrogen and oxygen atoms in total. The minimum atomic E-state index is -1.14. The number of aromatic nitrogens is 1. The lowest BCUT2D eigenvalue weighted by Gasteiger charge is -2.02. The lowest BCUT2D eigenvalue weighted by molar-refractivity contribution is 0.0691. The van der Waals surface area contributed by atoms with Crippen LogP contribution in [0.4, 0.5) is 0 Å². The molecule has 0 aliphatic carbocycles. The highest BCUT2D eigenvalue weighted by molar-refractivity contribution is 9.10. The van der Waals surface area contributed by atoms with E-state index in [2.05, 4.69) is 20.9 Å². The average Bonchev–Trinajstić information content (AvgIpc) is 3.07. The van der Waals surface area contributed by atoms with Crippen molar-refractivity contribution >= 4 is 44.8 Å². The second-order valence-corrected chi connectivity index (χ2v) is 6.34. The third-order valence-corrected chi connectivity index (χ3v) is 4.49. The summed E-state index contributed by atoms with van der Waals surface area (Å²) in [4.78, 5) is 16.3. The highest BCUT2D eigenvalue weighted by Gasteiger charge is 2.23. The first kappa shape index (κ1) is 14.3. The van der Waals surface area contributed by atoms with Crippen LogP contribution in [0.1, 0.15) is 10.5 Å². The van der Waals surface area contributed by atoms with Crippen molar-refractivity contribution in [2.75, 3.05) is 0 Å². The molecule has 0 atom stereocenters. The molecule has 0 saturated carbocycles. The summed E-state index contributed by atoms with van der Waals surface area (Å²) in [6.45, 7) is 0. The zero-order chi connectivity index (χ0) is 15.0. The number of hydrogen-bond donors (Lipinski definition) is 1. The van der Waals surface area contributed by atoms with Gasteiger partial charge in [-0.2, -0.15) is 0 Å². The standard InChI is InChI=1S/C14H7BrClNO3S/c15-9-6-7(16)3-4-8(9)12-11(14(18)19)17-13(20-12)10-2-1-5-21-10/h1-6H,(H,18,19). The van der Waals surface area contributed by atoms with Crippen LogP contribution in [-0.2, 0) is 0 Å². The Morgan fingerprint density at radius 3 is 2.81 bits per heavy atom. The minimum absolute atomic E-state index is 0.124. The zero-order valence-corrected chi connectivity index (χ0v) is 13.5. The maximum absolute atomic E-state index is 11.4. The number of rotatable bonds is 3. The molecule has 7 heteroatoms. The van der Waals surface area contributed by atoms with E-state index in [1.807, 2.05) is 17.5 Å². The summed E-state index contributed by atoms with van der Waals surface area (Å²) in [6.07, 6.45) is 0. The van der Waals surface area contributed by atoms with Gasteiger partial charge in [-0.05, 0) is 45.6 Å². The van der Waals surface area contributed by atoms with Crippen molar-refractivity contribution in [3.8, 4) is 22.1 Å². The topological polar surface area (TPSA) is 63.3 Å². The largest absolute Gasteiger partial charge is 0.476 e. The number of benzene rings is 1. The van der Waals surface area contributed by atoms with Crippen LogP contribution in [0, 0.1) is 0 Å². The molecule has 0 spiro atoms. The maximum Gasteiger partial charge on any atom is 0.358 e. The van der Waals surface area contributed by atoms with Gasteiger partial charge in [0, 0.05) is 15.1 Å². The van der Waals surface area contributed by atoms with E-state index in [4.69, 9.17) is 16.0 Å². The molecule has 0 radical (unpaired) electrons. The van der Waals surface area contributed by atoms with Crippen molar-refractivity contribution in [1.82, 2.24) is 4.98 Å². The molecular weight excluding hydrogens is 378 g/mol. The van der Waals surface area contributed by atoms with Gasteiger partial charge < -0.3 is 9.52 Å². The number of thiophene rings is 1. The van der Waals surface area contributed by atoms with Gasteiger partial charge in [-0.1, -0.05) is 17.7 Å². The quantitative estimate of drug-likeness (QED) is 0.675. The highest BCUT2D eigenvalue weighted by atomic mass is 79.9. The minimum Gasteiger partial charge on any atom is -0.476 e. The Balaban J connectivity index is 2.19. The number of carbonyl (C=O) groups is 1. The van der Waals surface area contributed by atoms with Gasteiger partial charge in [0.1, 0.15) is 0 Å². The van der Waals surface area contributed by atoms with Gasteiger partial charge in [-0.25, -0.2) is 9.78 Å². The van der Waals surface area contributed by atoms with Crippen molar-refractivity contribution in [2.45, 2.75) is 0 Å². The van der Waals surface area contributed by atoms with E-state index in [1.165, 1.54) is 11.3 Å². The summed E-state index contributed by atoms with van der Waals surface area (Å²) in [7, 11) is 0. The molecule has 0 aliphatic rings. The second-order valence-electron chi connectivity index (χ2n) is 4.10. The third kappa shape index (κ3) is 2.74. The first-order valence-corrected chi connectivity index (χ1v) is 7.84. The summed E-state index contributed by atoms with van der Waals surface area (Å²) in [6, 6.07) is 8.71. The Morgan fingerprint density at radius 2 is 2.19 bits per heavy atom. The Bertz CT molecular complexity index is 814. The van der Waals surface area contributed by atoms with Gasteiger partial charge in [-0.3, -0.25) is 0 Å². The van der Waals surface area contributed by atoms with Crippen molar-refractivity contribution in [3.63, 3.8) is 0 Å². The molecule has 0 bridgehead atoms. The normalized spacial score (nSPS) is 10.8. The van der Waals surface area contributed by atoms with E-state index in [0.29, 0.717) is 20.9 Å². The lowest BCUT2D eigenvalue weighted by Crippen LogP contribution is -1.99. The van der Waals surface area contributed by atoms with Crippen molar-refractivity contribution in [1.29, 1.82) is 0 Å². The van der Waals surface area contributed by atoms with Crippen LogP contribution in [0.2, 0.25) is 5.02 Å². The predicted octanol–water partition coefficient (Wildman–Crippen LogP) is 5.18. The molecule has 2 aromatic heterocycles. The smallest absolute Gasteiger partial charge is 0.358 e. The molecule has 0 amide bonds. The molecule has 3 aromatic rings. The number of nitrogens with zero attached hydrogens (tertiary/aromatic N) is 1. The number of halogens is 2. The van der Waals surface area contributed by atoms with Crippen LogP contribution in [0.3, 0.4) is 0 Å². The van der Waals surface area contributed by atoms with E-state index in [0.717, 1.165) is 4.88 Å². The van der Waals surface area contributed by atoms with Crippen LogP contribution in [0.15, 0.2) is 44.6 Å². The van der Waals surface area contributed by atoms with Gasteiger partial charge in [0.25, 0.3) is 0 Å². The first-order chi connectivity index (χ1) is 10.1. The molecule has 21 heavy (non-hydrogen) atoms. The monoisotopic (exact) mass is 383 g/mol. The Labute approximate surface area is 137 Å². The van der Waals surface area contributed by atoms with Crippen molar-refractivity contribution in [2.24, 2.45) is 0 Å². The molecule has 2 heterocycles. The van der Waals surface area contributed by atoms with Crippen LogP contribution in [0.25, 0.3) is 22.1 Å². The Morgan fingerprint density at radius 1 is 1.38 bits per heavy atom. The van der Waals surface area contributed by atoms with Crippen LogP contribution in [-0.4, -0.2) is 16.1 Å². The lowest BCUT2D eigenvalue weighted by atomic mass is 10.1. The number of oxazole rings is 1. The van der Waals surface area contributed by atoms with E-state index in [1.54, 1.807) is 18.2 Å². The van der Waals surface area contributed by atoms with Gasteiger partial charge in [-0.15, -0.1) is 11.3 Å². The number of aromatic carboxylic acids is 1. The molecule has 106 valence electrons. The van der Waals surface area contributed by atoms with Crippen molar-refractivity contribution in [3.05, 3.63) is 50.9 Å². The predicted molar refractivity (Wildman–Crippen MR) is 84.9 cm³/mol. The Hall–Kier alpha value is -1.63. The van der Waals surface area contributed by atoms with Gasteiger partial charge in [0.05, 0.1) is 4.88 Å². The summed E-state index contributed by atoms with van der Waals surface area (Å²) in [5, 5.41) is 11.7. The van der Waals surface area contributed by atoms with E-state index in [9.17, 15) is 9.90 Å². The van der Waals surface area contributed by atoms with Crippen LogP contribution in [0.5, 0.6) is 0 Å². The Kier molecular flexibility index (Phi) is 3.84. The van der Waals surface area contributed by atoms with E-state index in [-0.39, 0.29) is 11.5 Å². The molecule has 0 aliphatic heterocycles. The number of hydrogen-bond acceptors (Lipinski definition) is 4. The third-order valence-electron chi connectivity index (χ3n) is 2.74. The number of carboxylic acid groups (broad SMARTS) is 1. The maximum atomic E-state index is 11.4. The van der Waals surface area contributed by atoms with Gasteiger partial charge >= 0.3 is 5.97 Å². The molecular formula is C14H7BrClNO3S. The number of carboxylic acids is 1. The highest BCUT2D eigenvalue weighted by Crippen LogP contribution is 2.36. The average molecular weight is 385 g/mol. The van der Waals surface area contributed by atoms with Crippen LogP contribution < -0.4 is 0 Å². The first-order valence-electron chi connectivity index (χ1n) is 5.79. The second kappa shape index (κ2) is 5.63. The van der Waals surface area contributed by atoms with Crippen molar-refractivity contribution < 1.29 is 14.3 Å². The SMILES string of the molecule is O=C(O)c1nc(-c2cccs2)oc1-c1ccc(Cl)cc1Br. The van der Waals surface area contributed by atoms with Gasteiger partial charge in [0.2, 0.25) is 5.89 Å². The molecule has 0 saturated heterocycles. The van der Waals surface area contributed by atoms with E-state index < -0.39 is 5.97 Å². The summed E-state index contributed by atoms with van der Waals surface area (Å²) in [5.74, 6) is -0.646. The zero-order valence-electron chi connectivity index (χ0n) is 10.3. The summed E-state index contributed by atoms with van der Waals surface area (Å²) >= 11 is 10.7. The molecule has 1 aromatic carbocycles. The molecule has 3 rings (SSSR count). The molecule has 0 unspecified atom stereocenters. The molecule has 1 N–H and O–H groups in total. The fourth-order valence-corrected chi connectivity index (χ4v) is 3.34. The summed E-state index contributed by atoms with van der Waals surface area (Å²) < 4.78 is 6.32. The summed E-state index contributed by atoms with van der Waals surface area (Å²) in [5.41, 5.74) is 0.466. The van der Waals surface area contributed by atoms with Gasteiger partial charge in [0.15, 0.2) is 11.5 Å². The van der Waals surface area contributed by atoms with Crippen LogP contribution >= 0.6 is 38.9 Å². The molecule has 0 fully saturated rings. The van der Waals surface area contributed by atoms with E-state index >= 15 is 0 Å². The fraction of sp³-hybridized carbons (Fsp3) is 0.